The SMILES string of the molecule is Cc1[nH]nc2c1c(=O)n(C)c1c(C#CCO)cc(Cl)cc21. The zero-order valence-electron chi connectivity index (χ0n) is 11.5. The van der Waals surface area contributed by atoms with E-state index >= 15 is 0 Å². The molecule has 6 heteroatoms. The third-order valence-electron chi connectivity index (χ3n) is 3.43. The van der Waals surface area contributed by atoms with E-state index in [1.807, 2.05) is 0 Å². The van der Waals surface area contributed by atoms with Gasteiger partial charge < -0.3 is 9.67 Å². The first kappa shape index (κ1) is 13.7. The molecule has 0 bridgehead atoms. The smallest absolute Gasteiger partial charge is 0.262 e. The lowest BCUT2D eigenvalue weighted by Crippen LogP contribution is -2.18. The van der Waals surface area contributed by atoms with Gasteiger partial charge in [0.05, 0.1) is 16.5 Å². The van der Waals surface area contributed by atoms with Gasteiger partial charge in [-0.1, -0.05) is 23.4 Å². The highest BCUT2D eigenvalue weighted by atomic mass is 35.5. The van der Waals surface area contributed by atoms with Crippen LogP contribution in [0.5, 0.6) is 0 Å². The molecule has 2 N–H and O–H groups in total. The second-order valence-corrected chi connectivity index (χ2v) is 5.18. The van der Waals surface area contributed by atoms with Gasteiger partial charge in [0.25, 0.3) is 5.56 Å². The number of aromatic nitrogens is 3. The van der Waals surface area contributed by atoms with E-state index in [-0.39, 0.29) is 12.2 Å². The van der Waals surface area contributed by atoms with Gasteiger partial charge in [0.2, 0.25) is 0 Å². The Labute approximate surface area is 125 Å². The van der Waals surface area contributed by atoms with Gasteiger partial charge in [0.15, 0.2) is 0 Å². The predicted molar refractivity (Wildman–Crippen MR) is 82.6 cm³/mol. The van der Waals surface area contributed by atoms with Crippen LogP contribution in [0.1, 0.15) is 11.3 Å². The highest BCUT2D eigenvalue weighted by Gasteiger charge is 2.16. The molecule has 0 aliphatic carbocycles. The third-order valence-corrected chi connectivity index (χ3v) is 3.65. The topological polar surface area (TPSA) is 70.9 Å². The van der Waals surface area contributed by atoms with Crippen LogP contribution in [0, 0.1) is 18.8 Å². The zero-order valence-corrected chi connectivity index (χ0v) is 12.2. The van der Waals surface area contributed by atoms with Crippen molar-refractivity contribution in [1.29, 1.82) is 0 Å². The molecule has 106 valence electrons. The van der Waals surface area contributed by atoms with Crippen molar-refractivity contribution in [3.63, 3.8) is 0 Å². The molecular formula is C15H12ClN3O2. The van der Waals surface area contributed by atoms with Crippen molar-refractivity contribution in [2.75, 3.05) is 6.61 Å². The molecule has 0 amide bonds. The first-order chi connectivity index (χ1) is 10.0. The van der Waals surface area contributed by atoms with Gasteiger partial charge in [-0.15, -0.1) is 0 Å². The van der Waals surface area contributed by atoms with Gasteiger partial charge in [-0.2, -0.15) is 5.10 Å². The van der Waals surface area contributed by atoms with Crippen LogP contribution in [-0.2, 0) is 7.05 Å². The second kappa shape index (κ2) is 4.92. The number of fused-ring (bicyclic) bond motifs is 3. The largest absolute Gasteiger partial charge is 0.384 e. The number of aliphatic hydroxyl groups excluding tert-OH is 1. The van der Waals surface area contributed by atoms with Crippen molar-refractivity contribution in [2.45, 2.75) is 6.92 Å². The number of aryl methyl sites for hydroxylation is 2. The highest BCUT2D eigenvalue weighted by molar-refractivity contribution is 6.32. The minimum Gasteiger partial charge on any atom is -0.384 e. The highest BCUT2D eigenvalue weighted by Crippen LogP contribution is 2.28. The lowest BCUT2D eigenvalue weighted by molar-refractivity contribution is 0.350. The molecule has 2 heterocycles. The average molecular weight is 302 g/mol. The van der Waals surface area contributed by atoms with Gasteiger partial charge in [0, 0.05) is 23.2 Å². The summed E-state index contributed by atoms with van der Waals surface area (Å²) in [6, 6.07) is 3.44. The molecule has 3 aromatic rings. The first-order valence-electron chi connectivity index (χ1n) is 6.31. The summed E-state index contributed by atoms with van der Waals surface area (Å²) in [7, 11) is 1.69. The number of hydrogen-bond donors (Lipinski definition) is 2. The fraction of sp³-hybridized carbons (Fsp3) is 0.200. The molecule has 0 radical (unpaired) electrons. The molecule has 0 atom stereocenters. The van der Waals surface area contributed by atoms with Crippen molar-refractivity contribution in [2.24, 2.45) is 7.05 Å². The number of benzene rings is 1. The summed E-state index contributed by atoms with van der Waals surface area (Å²) < 4.78 is 1.54. The summed E-state index contributed by atoms with van der Waals surface area (Å²) in [5, 5.41) is 17.7. The summed E-state index contributed by atoms with van der Waals surface area (Å²) >= 11 is 6.15. The number of hydrogen-bond acceptors (Lipinski definition) is 3. The molecule has 0 saturated carbocycles. The van der Waals surface area contributed by atoms with E-state index in [9.17, 15) is 4.79 Å². The summed E-state index contributed by atoms with van der Waals surface area (Å²) in [6.45, 7) is 1.55. The fourth-order valence-electron chi connectivity index (χ4n) is 2.53. The van der Waals surface area contributed by atoms with Gasteiger partial charge in [0.1, 0.15) is 12.1 Å². The Morgan fingerprint density at radius 3 is 2.95 bits per heavy atom. The van der Waals surface area contributed by atoms with Crippen molar-refractivity contribution in [3.8, 4) is 11.8 Å². The van der Waals surface area contributed by atoms with E-state index in [0.29, 0.717) is 27.0 Å². The van der Waals surface area contributed by atoms with Crippen LogP contribution < -0.4 is 5.56 Å². The maximum Gasteiger partial charge on any atom is 0.262 e. The Balaban J connectivity index is 2.61. The Kier molecular flexibility index (Phi) is 3.20. The maximum atomic E-state index is 12.5. The minimum absolute atomic E-state index is 0.141. The van der Waals surface area contributed by atoms with E-state index in [2.05, 4.69) is 22.0 Å². The Bertz CT molecular complexity index is 989. The monoisotopic (exact) mass is 301 g/mol. The molecule has 0 aliphatic rings. The van der Waals surface area contributed by atoms with E-state index < -0.39 is 0 Å². The molecule has 0 aliphatic heterocycles. The lowest BCUT2D eigenvalue weighted by atomic mass is 10.1. The van der Waals surface area contributed by atoms with Crippen LogP contribution in [-0.4, -0.2) is 26.5 Å². The van der Waals surface area contributed by atoms with E-state index in [1.165, 1.54) is 4.57 Å². The van der Waals surface area contributed by atoms with Gasteiger partial charge in [-0.25, -0.2) is 0 Å². The molecule has 0 spiro atoms. The van der Waals surface area contributed by atoms with E-state index in [1.54, 1.807) is 26.1 Å². The predicted octanol–water partition coefficient (Wildman–Crippen LogP) is 1.72. The summed E-state index contributed by atoms with van der Waals surface area (Å²) in [4.78, 5) is 12.5. The molecule has 3 rings (SSSR count). The molecule has 2 aromatic heterocycles. The molecule has 0 fully saturated rings. The van der Waals surface area contributed by atoms with Crippen LogP contribution in [0.3, 0.4) is 0 Å². The van der Waals surface area contributed by atoms with Gasteiger partial charge in [-0.3, -0.25) is 9.89 Å². The second-order valence-electron chi connectivity index (χ2n) is 4.75. The van der Waals surface area contributed by atoms with Gasteiger partial charge in [-0.05, 0) is 19.1 Å². The summed E-state index contributed by atoms with van der Waals surface area (Å²) in [5.74, 6) is 5.42. The van der Waals surface area contributed by atoms with E-state index in [4.69, 9.17) is 16.7 Å². The number of pyridine rings is 1. The lowest BCUT2D eigenvalue weighted by Gasteiger charge is -2.09. The minimum atomic E-state index is -0.258. The van der Waals surface area contributed by atoms with Crippen molar-refractivity contribution in [1.82, 2.24) is 14.8 Å². The molecule has 0 saturated heterocycles. The van der Waals surface area contributed by atoms with Crippen molar-refractivity contribution >= 4 is 33.4 Å². The maximum absolute atomic E-state index is 12.5. The Morgan fingerprint density at radius 1 is 1.48 bits per heavy atom. The van der Waals surface area contributed by atoms with Gasteiger partial charge >= 0.3 is 0 Å². The number of nitrogens with zero attached hydrogens (tertiary/aromatic N) is 2. The van der Waals surface area contributed by atoms with Crippen LogP contribution in [0.4, 0.5) is 0 Å². The molecule has 0 unspecified atom stereocenters. The van der Waals surface area contributed by atoms with Crippen LogP contribution in [0.15, 0.2) is 16.9 Å². The van der Waals surface area contributed by atoms with Crippen molar-refractivity contribution in [3.05, 3.63) is 38.8 Å². The standard InChI is InChI=1S/C15H12ClN3O2/c1-8-12-13(18-17-8)11-7-10(16)6-9(4-3-5-20)14(11)19(2)15(12)21/h6-7,20H,5H2,1-2H3,(H,17,18). The molecule has 1 aromatic carbocycles. The quantitative estimate of drug-likeness (QED) is 0.621. The Morgan fingerprint density at radius 2 is 2.24 bits per heavy atom. The van der Waals surface area contributed by atoms with Crippen LogP contribution in [0.25, 0.3) is 21.8 Å². The zero-order chi connectivity index (χ0) is 15.1. The summed E-state index contributed by atoms with van der Waals surface area (Å²) in [5.41, 5.74) is 2.41. The molecule has 21 heavy (non-hydrogen) atoms. The third kappa shape index (κ3) is 2.00. The number of aromatic amines is 1. The fourth-order valence-corrected chi connectivity index (χ4v) is 2.74. The number of rotatable bonds is 0. The van der Waals surface area contributed by atoms with Crippen LogP contribution >= 0.6 is 11.6 Å². The van der Waals surface area contributed by atoms with E-state index in [0.717, 1.165) is 11.1 Å². The van der Waals surface area contributed by atoms with Crippen molar-refractivity contribution < 1.29 is 5.11 Å². The molecule has 5 nitrogen and oxygen atoms in total. The Hall–Kier alpha value is -2.29. The number of aliphatic hydroxyl groups is 1. The number of nitrogens with one attached hydrogen (secondary N) is 1. The summed E-state index contributed by atoms with van der Waals surface area (Å²) in [6.07, 6.45) is 0. The van der Waals surface area contributed by atoms with Crippen LogP contribution in [0.2, 0.25) is 5.02 Å². The number of H-pyrrole nitrogens is 1. The average Bonchev–Trinajstić information content (AvgIpc) is 2.84. The first-order valence-corrected chi connectivity index (χ1v) is 6.69. The normalized spacial score (nSPS) is 10.9. The number of halogens is 1. The molecular weight excluding hydrogens is 290 g/mol.